The van der Waals surface area contributed by atoms with Crippen molar-refractivity contribution in [3.8, 4) is 11.5 Å². The van der Waals surface area contributed by atoms with E-state index >= 15 is 0 Å². The van der Waals surface area contributed by atoms with Crippen molar-refractivity contribution in [2.24, 2.45) is 5.92 Å². The maximum atomic E-state index is 12.8. The number of sulfonamides is 1. The second-order valence-corrected chi connectivity index (χ2v) is 10.6. The molecule has 0 unspecified atom stereocenters. The first-order chi connectivity index (χ1) is 14.3. The molecule has 1 N–H and O–H groups in total. The molecule has 0 radical (unpaired) electrons. The van der Waals surface area contributed by atoms with Gasteiger partial charge in [-0.2, -0.15) is 4.31 Å². The van der Waals surface area contributed by atoms with Crippen molar-refractivity contribution in [1.82, 2.24) is 9.62 Å². The minimum Gasteiger partial charge on any atom is -0.493 e. The van der Waals surface area contributed by atoms with Crippen LogP contribution in [0.25, 0.3) is 0 Å². The number of nitrogens with one attached hydrogen (secondary N) is 1. The van der Waals surface area contributed by atoms with Gasteiger partial charge in [0.1, 0.15) is 4.21 Å². The van der Waals surface area contributed by atoms with Gasteiger partial charge in [-0.3, -0.25) is 4.79 Å². The smallest absolute Gasteiger partial charge is 0.261 e. The van der Waals surface area contributed by atoms with Crippen LogP contribution in [-0.4, -0.2) is 52.5 Å². The van der Waals surface area contributed by atoms with Gasteiger partial charge in [0.25, 0.3) is 15.9 Å². The molecule has 30 heavy (non-hydrogen) atoms. The summed E-state index contributed by atoms with van der Waals surface area (Å²) in [6.45, 7) is 3.64. The molecule has 1 saturated heterocycles. The molecule has 0 bridgehead atoms. The van der Waals surface area contributed by atoms with E-state index < -0.39 is 10.0 Å². The van der Waals surface area contributed by atoms with E-state index in [0.29, 0.717) is 48.3 Å². The highest BCUT2D eigenvalue weighted by atomic mass is 32.2. The Morgan fingerprint density at radius 1 is 1.13 bits per heavy atom. The fourth-order valence-corrected chi connectivity index (χ4v) is 6.22. The molecule has 2 aromatic rings. The first-order valence-corrected chi connectivity index (χ1v) is 12.2. The summed E-state index contributed by atoms with van der Waals surface area (Å²) in [4.78, 5) is 12.9. The molecule has 0 atom stereocenters. The molecule has 0 saturated carbocycles. The summed E-state index contributed by atoms with van der Waals surface area (Å²) >= 11 is 1.02. The van der Waals surface area contributed by atoms with Crippen LogP contribution in [0.15, 0.2) is 34.5 Å². The Hall–Kier alpha value is -2.10. The number of ether oxygens (including phenoxy) is 2. The zero-order chi connectivity index (χ0) is 21.7. The third-order valence-corrected chi connectivity index (χ3v) is 8.74. The maximum absolute atomic E-state index is 12.8. The average Bonchev–Trinajstić information content (AvgIpc) is 3.25. The normalized spacial score (nSPS) is 15.7. The van der Waals surface area contributed by atoms with Gasteiger partial charge in [-0.1, -0.05) is 13.0 Å². The average molecular weight is 453 g/mol. The molecule has 0 aliphatic carbocycles. The highest BCUT2D eigenvalue weighted by Gasteiger charge is 2.29. The van der Waals surface area contributed by atoms with Crippen LogP contribution in [-0.2, 0) is 16.4 Å². The van der Waals surface area contributed by atoms with Crippen molar-refractivity contribution in [1.29, 1.82) is 0 Å². The Bertz CT molecular complexity index is 979. The number of thiophene rings is 1. The zero-order valence-electron chi connectivity index (χ0n) is 17.5. The Labute approximate surface area is 182 Å². The van der Waals surface area contributed by atoms with Gasteiger partial charge >= 0.3 is 0 Å². The minimum absolute atomic E-state index is 0.224. The standard InChI is InChI=1S/C21H28N2O5S2/c1-15-9-12-23(13-10-15)30(25,26)20-7-6-19(29-20)21(24)22-11-8-16-4-5-17(27-2)18(14-16)28-3/h4-7,14-15H,8-13H2,1-3H3,(H,22,24). The Balaban J connectivity index is 1.57. The summed E-state index contributed by atoms with van der Waals surface area (Å²) < 4.78 is 37.9. The monoisotopic (exact) mass is 452 g/mol. The third kappa shape index (κ3) is 5.14. The topological polar surface area (TPSA) is 84.9 Å². The molecule has 3 rings (SSSR count). The van der Waals surface area contributed by atoms with Gasteiger partial charge < -0.3 is 14.8 Å². The predicted octanol–water partition coefficient (Wildman–Crippen LogP) is 3.16. The fraction of sp³-hybridized carbons (Fsp3) is 0.476. The van der Waals surface area contributed by atoms with Crippen molar-refractivity contribution < 1.29 is 22.7 Å². The van der Waals surface area contributed by atoms with Crippen molar-refractivity contribution in [3.05, 3.63) is 40.8 Å². The highest BCUT2D eigenvalue weighted by molar-refractivity contribution is 7.91. The lowest BCUT2D eigenvalue weighted by Crippen LogP contribution is -2.37. The maximum Gasteiger partial charge on any atom is 0.261 e. The summed E-state index contributed by atoms with van der Waals surface area (Å²) in [5, 5.41) is 2.85. The molecular formula is C21H28N2O5S2. The molecule has 1 aromatic carbocycles. The van der Waals surface area contributed by atoms with Crippen LogP contribution in [0.3, 0.4) is 0 Å². The van der Waals surface area contributed by atoms with Gasteiger partial charge in [0.2, 0.25) is 0 Å². The summed E-state index contributed by atoms with van der Waals surface area (Å²) in [5.74, 6) is 1.57. The number of hydrogen-bond acceptors (Lipinski definition) is 6. The Kier molecular flexibility index (Phi) is 7.38. The quantitative estimate of drug-likeness (QED) is 0.665. The van der Waals surface area contributed by atoms with Gasteiger partial charge in [0, 0.05) is 19.6 Å². The Morgan fingerprint density at radius 2 is 1.83 bits per heavy atom. The van der Waals surface area contributed by atoms with E-state index in [1.54, 1.807) is 20.3 Å². The van der Waals surface area contributed by atoms with E-state index in [4.69, 9.17) is 9.47 Å². The second kappa shape index (κ2) is 9.80. The molecule has 9 heteroatoms. The van der Waals surface area contributed by atoms with Crippen LogP contribution in [0, 0.1) is 5.92 Å². The molecule has 1 aromatic heterocycles. The lowest BCUT2D eigenvalue weighted by molar-refractivity contribution is 0.0958. The second-order valence-electron chi connectivity index (χ2n) is 7.40. The highest BCUT2D eigenvalue weighted by Crippen LogP contribution is 2.29. The van der Waals surface area contributed by atoms with E-state index in [2.05, 4.69) is 12.2 Å². The van der Waals surface area contributed by atoms with Crippen LogP contribution >= 0.6 is 11.3 Å². The zero-order valence-corrected chi connectivity index (χ0v) is 19.1. The van der Waals surface area contributed by atoms with Gasteiger partial charge in [0.15, 0.2) is 11.5 Å². The van der Waals surface area contributed by atoms with Crippen LogP contribution in [0.5, 0.6) is 11.5 Å². The summed E-state index contributed by atoms with van der Waals surface area (Å²) in [7, 11) is -0.368. The first kappa shape index (κ1) is 22.6. The minimum atomic E-state index is -3.53. The molecule has 2 heterocycles. The molecular weight excluding hydrogens is 424 g/mol. The SMILES string of the molecule is COc1ccc(CCNC(=O)c2ccc(S(=O)(=O)N3CCC(C)CC3)s2)cc1OC. The number of rotatable bonds is 8. The fourth-order valence-electron chi connectivity index (χ4n) is 3.38. The number of benzene rings is 1. The summed E-state index contributed by atoms with van der Waals surface area (Å²) in [6, 6.07) is 8.73. The molecule has 1 fully saturated rings. The number of carbonyl (C=O) groups excluding carboxylic acids is 1. The van der Waals surface area contributed by atoms with Crippen molar-refractivity contribution >= 4 is 27.3 Å². The van der Waals surface area contributed by atoms with E-state index in [1.807, 2.05) is 18.2 Å². The molecule has 164 valence electrons. The molecule has 7 nitrogen and oxygen atoms in total. The molecule has 0 spiro atoms. The number of carbonyl (C=O) groups is 1. The number of nitrogens with zero attached hydrogens (tertiary/aromatic N) is 1. The Morgan fingerprint density at radius 3 is 2.50 bits per heavy atom. The first-order valence-electron chi connectivity index (χ1n) is 9.94. The van der Waals surface area contributed by atoms with Gasteiger partial charge in [-0.15, -0.1) is 11.3 Å². The number of methoxy groups -OCH3 is 2. The van der Waals surface area contributed by atoms with Crippen molar-refractivity contribution in [2.75, 3.05) is 33.9 Å². The number of piperidine rings is 1. The number of hydrogen-bond donors (Lipinski definition) is 1. The molecule has 1 amide bonds. The predicted molar refractivity (Wildman–Crippen MR) is 117 cm³/mol. The van der Waals surface area contributed by atoms with Crippen LogP contribution in [0.2, 0.25) is 0 Å². The lowest BCUT2D eigenvalue weighted by Gasteiger charge is -2.28. The van der Waals surface area contributed by atoms with Crippen molar-refractivity contribution in [3.63, 3.8) is 0 Å². The van der Waals surface area contributed by atoms with E-state index in [9.17, 15) is 13.2 Å². The van der Waals surface area contributed by atoms with Crippen LogP contribution in [0.4, 0.5) is 0 Å². The number of amides is 1. The lowest BCUT2D eigenvalue weighted by atomic mass is 10.0. The van der Waals surface area contributed by atoms with Gasteiger partial charge in [-0.05, 0) is 55.0 Å². The van der Waals surface area contributed by atoms with Crippen molar-refractivity contribution in [2.45, 2.75) is 30.4 Å². The summed E-state index contributed by atoms with van der Waals surface area (Å²) in [6.07, 6.45) is 2.36. The van der Waals surface area contributed by atoms with Crippen LogP contribution < -0.4 is 14.8 Å². The van der Waals surface area contributed by atoms with Gasteiger partial charge in [0.05, 0.1) is 19.1 Å². The van der Waals surface area contributed by atoms with E-state index in [0.717, 1.165) is 29.7 Å². The van der Waals surface area contributed by atoms with Gasteiger partial charge in [-0.25, -0.2) is 8.42 Å². The molecule has 1 aliphatic rings. The van der Waals surface area contributed by atoms with E-state index in [-0.39, 0.29) is 10.1 Å². The molecule has 1 aliphatic heterocycles. The van der Waals surface area contributed by atoms with Crippen LogP contribution in [0.1, 0.15) is 35.0 Å². The summed E-state index contributed by atoms with van der Waals surface area (Å²) in [5.41, 5.74) is 1.00. The third-order valence-electron chi connectivity index (χ3n) is 5.29. The van der Waals surface area contributed by atoms with E-state index in [1.165, 1.54) is 10.4 Å². The largest absolute Gasteiger partial charge is 0.493 e.